The molecule has 2 heterocycles. The van der Waals surface area contributed by atoms with E-state index in [0.717, 1.165) is 67.1 Å². The molecule has 0 saturated carbocycles. The monoisotopic (exact) mass is 439 g/mol. The average molecular weight is 440 g/mol. The minimum atomic E-state index is -0.145. The number of likely N-dealkylation sites (tertiary alicyclic amines) is 1. The predicted molar refractivity (Wildman–Crippen MR) is 129 cm³/mol. The summed E-state index contributed by atoms with van der Waals surface area (Å²) >= 11 is 0. The molecule has 1 aliphatic rings. The maximum Gasteiger partial charge on any atom is 0.310 e. The van der Waals surface area contributed by atoms with Crippen LogP contribution >= 0.6 is 0 Å². The van der Waals surface area contributed by atoms with E-state index in [4.69, 9.17) is 10.5 Å². The first-order valence-corrected chi connectivity index (χ1v) is 11.8. The van der Waals surface area contributed by atoms with E-state index in [1.165, 1.54) is 12.8 Å². The fourth-order valence-electron chi connectivity index (χ4n) is 4.03. The molecule has 1 saturated heterocycles. The van der Waals surface area contributed by atoms with Crippen molar-refractivity contribution < 1.29 is 9.53 Å². The van der Waals surface area contributed by atoms with E-state index in [0.29, 0.717) is 18.8 Å². The van der Waals surface area contributed by atoms with E-state index >= 15 is 0 Å². The van der Waals surface area contributed by atoms with E-state index in [9.17, 15) is 4.79 Å². The molecule has 0 amide bonds. The van der Waals surface area contributed by atoms with Crippen LogP contribution < -0.4 is 11.1 Å². The Hall–Kier alpha value is -2.67. The molecule has 1 fully saturated rings. The number of carbonyl (C=O) groups is 1. The molecular weight excluding hydrogens is 402 g/mol. The normalized spacial score (nSPS) is 15.0. The number of nitrogens with two attached hydrogens (primary N) is 1. The van der Waals surface area contributed by atoms with E-state index in [1.54, 1.807) is 0 Å². The number of piperidine rings is 1. The fraction of sp³-hybridized carbons (Fsp3) is 0.560. The molecule has 0 spiro atoms. The second-order valence-electron chi connectivity index (χ2n) is 8.79. The molecule has 3 rings (SSSR count). The molecule has 2 aromatic rings. The quantitative estimate of drug-likeness (QED) is 0.430. The number of hydrogen-bond acceptors (Lipinski definition) is 7. The summed E-state index contributed by atoms with van der Waals surface area (Å²) in [6, 6.07) is 8.14. The summed E-state index contributed by atoms with van der Waals surface area (Å²) in [5.41, 5.74) is 9.95. The van der Waals surface area contributed by atoms with E-state index in [2.05, 4.69) is 46.3 Å². The Bertz CT molecular complexity index is 877. The summed E-state index contributed by atoms with van der Waals surface area (Å²) < 4.78 is 5.66. The number of ether oxygens (including phenoxy) is 1. The van der Waals surface area contributed by atoms with Gasteiger partial charge >= 0.3 is 5.97 Å². The van der Waals surface area contributed by atoms with Gasteiger partial charge in [0.05, 0.1) is 6.42 Å². The number of nitrogen functional groups attached to an aromatic ring is 1. The van der Waals surface area contributed by atoms with Gasteiger partial charge in [-0.05, 0) is 44.4 Å². The molecule has 1 aliphatic heterocycles. The minimum absolute atomic E-state index is 0.0507. The highest BCUT2D eigenvalue weighted by Gasteiger charge is 2.20. The minimum Gasteiger partial charge on any atom is -0.462 e. The van der Waals surface area contributed by atoms with Gasteiger partial charge in [0.1, 0.15) is 11.9 Å². The van der Waals surface area contributed by atoms with Crippen molar-refractivity contribution in [2.45, 2.75) is 64.9 Å². The molecule has 7 nitrogen and oxygen atoms in total. The number of carbonyl (C=O) groups excluding carboxylic acids is 1. The average Bonchev–Trinajstić information content (AvgIpc) is 2.76. The zero-order chi connectivity index (χ0) is 22.9. The SMILES string of the molecule is CCCCCNc1nc(N)nc(C)c1Cc1ccc(CC(=O)OC2CCN(C)CC2)cc1. The zero-order valence-corrected chi connectivity index (χ0v) is 19.7. The second kappa shape index (κ2) is 11.8. The number of rotatable bonds is 10. The topological polar surface area (TPSA) is 93.4 Å². The van der Waals surface area contributed by atoms with Crippen molar-refractivity contribution in [2.24, 2.45) is 0 Å². The van der Waals surface area contributed by atoms with Crippen LogP contribution in [0.2, 0.25) is 0 Å². The Balaban J connectivity index is 1.58. The number of esters is 1. The maximum atomic E-state index is 12.3. The van der Waals surface area contributed by atoms with Gasteiger partial charge in [0.25, 0.3) is 0 Å². The Labute approximate surface area is 191 Å². The second-order valence-corrected chi connectivity index (χ2v) is 8.79. The van der Waals surface area contributed by atoms with E-state index < -0.39 is 0 Å². The summed E-state index contributed by atoms with van der Waals surface area (Å²) in [6.07, 6.45) is 6.36. The van der Waals surface area contributed by atoms with Gasteiger partial charge in [-0.15, -0.1) is 0 Å². The molecule has 174 valence electrons. The molecule has 0 bridgehead atoms. The third kappa shape index (κ3) is 7.19. The van der Waals surface area contributed by atoms with Gasteiger partial charge in [-0.2, -0.15) is 4.98 Å². The molecule has 0 radical (unpaired) electrons. The first-order chi connectivity index (χ1) is 15.4. The summed E-state index contributed by atoms with van der Waals surface area (Å²) in [7, 11) is 2.10. The van der Waals surface area contributed by atoms with Gasteiger partial charge in [-0.1, -0.05) is 44.0 Å². The molecule has 1 aromatic carbocycles. The van der Waals surface area contributed by atoms with Gasteiger partial charge in [-0.25, -0.2) is 4.98 Å². The smallest absolute Gasteiger partial charge is 0.310 e. The van der Waals surface area contributed by atoms with Crippen molar-refractivity contribution in [3.05, 3.63) is 46.6 Å². The first kappa shape index (κ1) is 24.0. The fourth-order valence-corrected chi connectivity index (χ4v) is 4.03. The summed E-state index contributed by atoms with van der Waals surface area (Å²) in [4.78, 5) is 23.4. The van der Waals surface area contributed by atoms with Crippen LogP contribution in [-0.2, 0) is 22.4 Å². The van der Waals surface area contributed by atoms with Gasteiger partial charge in [0.2, 0.25) is 5.95 Å². The van der Waals surface area contributed by atoms with Crippen LogP contribution in [0.15, 0.2) is 24.3 Å². The predicted octanol–water partition coefficient (Wildman–Crippen LogP) is 3.74. The third-order valence-corrected chi connectivity index (χ3v) is 6.02. The zero-order valence-electron chi connectivity index (χ0n) is 19.7. The number of aryl methyl sites for hydroxylation is 1. The van der Waals surface area contributed by atoms with Crippen molar-refractivity contribution in [1.82, 2.24) is 14.9 Å². The number of hydrogen-bond donors (Lipinski definition) is 2. The van der Waals surface area contributed by atoms with Crippen LogP contribution in [0.4, 0.5) is 11.8 Å². The lowest BCUT2D eigenvalue weighted by atomic mass is 10.0. The van der Waals surface area contributed by atoms with Crippen LogP contribution in [0.1, 0.15) is 61.4 Å². The lowest BCUT2D eigenvalue weighted by Gasteiger charge is -2.28. The maximum absolute atomic E-state index is 12.3. The van der Waals surface area contributed by atoms with E-state index in [1.807, 2.05) is 19.1 Å². The van der Waals surface area contributed by atoms with Crippen molar-refractivity contribution in [3.63, 3.8) is 0 Å². The van der Waals surface area contributed by atoms with Crippen molar-refractivity contribution in [2.75, 3.05) is 37.7 Å². The van der Waals surface area contributed by atoms with Crippen LogP contribution in [0.3, 0.4) is 0 Å². The molecular formula is C25H37N5O2. The van der Waals surface area contributed by atoms with Gasteiger partial charge in [0.15, 0.2) is 0 Å². The summed E-state index contributed by atoms with van der Waals surface area (Å²) in [6.45, 7) is 7.00. The van der Waals surface area contributed by atoms with Crippen molar-refractivity contribution in [3.8, 4) is 0 Å². The number of nitrogens with zero attached hydrogens (tertiary/aromatic N) is 3. The van der Waals surface area contributed by atoms with Gasteiger partial charge in [-0.3, -0.25) is 4.79 Å². The molecule has 0 aliphatic carbocycles. The van der Waals surface area contributed by atoms with E-state index in [-0.39, 0.29) is 12.1 Å². The summed E-state index contributed by atoms with van der Waals surface area (Å²) in [5.74, 6) is 0.966. The van der Waals surface area contributed by atoms with Crippen LogP contribution in [0, 0.1) is 6.92 Å². The Morgan fingerprint density at radius 2 is 1.84 bits per heavy atom. The first-order valence-electron chi connectivity index (χ1n) is 11.8. The van der Waals surface area contributed by atoms with Gasteiger partial charge < -0.3 is 20.7 Å². The number of nitrogens with one attached hydrogen (secondary N) is 1. The number of aromatic nitrogens is 2. The molecule has 3 N–H and O–H groups in total. The number of anilines is 2. The molecule has 7 heteroatoms. The lowest BCUT2D eigenvalue weighted by molar-refractivity contribution is -0.150. The van der Waals surface area contributed by atoms with Crippen LogP contribution in [-0.4, -0.2) is 53.6 Å². The highest BCUT2D eigenvalue weighted by atomic mass is 16.5. The Morgan fingerprint density at radius 1 is 1.16 bits per heavy atom. The number of benzene rings is 1. The standard InChI is InChI=1S/C25H37N5O2/c1-4-5-6-13-27-24-22(18(2)28-25(26)29-24)16-19-7-9-20(10-8-19)17-23(31)32-21-11-14-30(3)15-12-21/h7-10,21H,4-6,11-17H2,1-3H3,(H3,26,27,28,29). The van der Waals surface area contributed by atoms with Crippen LogP contribution in [0.5, 0.6) is 0 Å². The Morgan fingerprint density at radius 3 is 2.53 bits per heavy atom. The number of unbranched alkanes of at least 4 members (excludes halogenated alkanes) is 2. The molecule has 0 unspecified atom stereocenters. The van der Waals surface area contributed by atoms with Crippen molar-refractivity contribution >= 4 is 17.7 Å². The molecule has 1 aromatic heterocycles. The van der Waals surface area contributed by atoms with Gasteiger partial charge in [0, 0.05) is 37.3 Å². The largest absolute Gasteiger partial charge is 0.462 e. The third-order valence-electron chi connectivity index (χ3n) is 6.02. The summed E-state index contributed by atoms with van der Waals surface area (Å²) in [5, 5.41) is 3.43. The lowest BCUT2D eigenvalue weighted by Crippen LogP contribution is -2.35. The van der Waals surface area contributed by atoms with Crippen molar-refractivity contribution in [1.29, 1.82) is 0 Å². The highest BCUT2D eigenvalue weighted by Crippen LogP contribution is 2.22. The van der Waals surface area contributed by atoms with Crippen LogP contribution in [0.25, 0.3) is 0 Å². The highest BCUT2D eigenvalue weighted by molar-refractivity contribution is 5.72. The molecule has 0 atom stereocenters. The molecule has 32 heavy (non-hydrogen) atoms. The Kier molecular flexibility index (Phi) is 8.85.